The Morgan fingerprint density at radius 1 is 1.71 bits per heavy atom. The number of halogens is 1. The highest BCUT2D eigenvalue weighted by atomic mass is 127. The van der Waals surface area contributed by atoms with E-state index < -0.39 is 0 Å². The Labute approximate surface area is 114 Å². The third-order valence-corrected chi connectivity index (χ3v) is 4.06. The molecule has 0 bridgehead atoms. The van der Waals surface area contributed by atoms with Crippen LogP contribution in [0, 0.1) is 9.49 Å². The molecule has 94 valence electrons. The highest BCUT2D eigenvalue weighted by molar-refractivity contribution is 14.1. The average Bonchev–Trinajstić information content (AvgIpc) is 2.33. The number of aromatic nitrogens is 2. The SMILES string of the molecule is CNCC1CCCN(c2nc[nH]c(=O)c2I)C1. The van der Waals surface area contributed by atoms with Crippen molar-refractivity contribution in [2.24, 2.45) is 5.92 Å². The van der Waals surface area contributed by atoms with Crippen LogP contribution in [0.3, 0.4) is 0 Å². The second-order valence-electron chi connectivity index (χ2n) is 4.38. The molecular formula is C11H17IN4O. The lowest BCUT2D eigenvalue weighted by Crippen LogP contribution is -2.40. The summed E-state index contributed by atoms with van der Waals surface area (Å²) in [5, 5.41) is 3.22. The second-order valence-corrected chi connectivity index (χ2v) is 5.46. The van der Waals surface area contributed by atoms with Gasteiger partial charge in [-0.2, -0.15) is 0 Å². The Kier molecular flexibility index (Phi) is 4.38. The van der Waals surface area contributed by atoms with Crippen molar-refractivity contribution in [3.63, 3.8) is 0 Å². The maximum absolute atomic E-state index is 11.5. The van der Waals surface area contributed by atoms with E-state index in [1.54, 1.807) is 0 Å². The molecule has 1 atom stereocenters. The standard InChI is InChI=1S/C11H17IN4O/c1-13-5-8-3-2-4-16(6-8)10-9(12)11(17)15-7-14-10/h7-8,13H,2-6H2,1H3,(H,14,15,17). The van der Waals surface area contributed by atoms with Crippen LogP contribution in [-0.4, -0.2) is 36.6 Å². The maximum atomic E-state index is 11.5. The topological polar surface area (TPSA) is 61.0 Å². The van der Waals surface area contributed by atoms with Gasteiger partial charge in [-0.05, 0) is 54.9 Å². The minimum atomic E-state index is -0.0497. The van der Waals surface area contributed by atoms with Gasteiger partial charge in [0, 0.05) is 13.1 Å². The van der Waals surface area contributed by atoms with Crippen molar-refractivity contribution >= 4 is 28.4 Å². The predicted octanol–water partition coefficient (Wildman–Crippen LogP) is 0.810. The van der Waals surface area contributed by atoms with Gasteiger partial charge in [0.05, 0.1) is 6.33 Å². The van der Waals surface area contributed by atoms with Crippen molar-refractivity contribution in [1.82, 2.24) is 15.3 Å². The average molecular weight is 348 g/mol. The number of rotatable bonds is 3. The number of H-pyrrole nitrogens is 1. The number of nitrogens with one attached hydrogen (secondary N) is 2. The molecule has 1 aromatic rings. The maximum Gasteiger partial charge on any atom is 0.266 e. The summed E-state index contributed by atoms with van der Waals surface area (Å²) in [5.41, 5.74) is -0.0497. The molecule has 2 N–H and O–H groups in total. The van der Waals surface area contributed by atoms with Crippen molar-refractivity contribution in [1.29, 1.82) is 0 Å². The van der Waals surface area contributed by atoms with Crippen LogP contribution in [0.25, 0.3) is 0 Å². The van der Waals surface area contributed by atoms with E-state index in [1.165, 1.54) is 12.7 Å². The summed E-state index contributed by atoms with van der Waals surface area (Å²) in [6.45, 7) is 3.00. The number of piperidine rings is 1. The number of aromatic amines is 1. The predicted molar refractivity (Wildman–Crippen MR) is 76.4 cm³/mol. The number of nitrogens with zero attached hydrogens (tertiary/aromatic N) is 2. The normalized spacial score (nSPS) is 20.6. The van der Waals surface area contributed by atoms with Gasteiger partial charge in [-0.15, -0.1) is 0 Å². The lowest BCUT2D eigenvalue weighted by Gasteiger charge is -2.33. The Bertz CT molecular complexity index is 432. The Hall–Kier alpha value is -0.630. The smallest absolute Gasteiger partial charge is 0.266 e. The molecule has 1 aliphatic rings. The van der Waals surface area contributed by atoms with E-state index in [9.17, 15) is 4.79 Å². The Balaban J connectivity index is 2.16. The molecule has 1 saturated heterocycles. The van der Waals surface area contributed by atoms with Crippen LogP contribution in [0.1, 0.15) is 12.8 Å². The first-order valence-corrected chi connectivity index (χ1v) is 6.93. The van der Waals surface area contributed by atoms with E-state index in [0.717, 1.165) is 31.9 Å². The van der Waals surface area contributed by atoms with Gasteiger partial charge in [0.1, 0.15) is 9.39 Å². The lowest BCUT2D eigenvalue weighted by atomic mass is 9.98. The minimum absolute atomic E-state index is 0.0497. The van der Waals surface area contributed by atoms with Crippen LogP contribution in [0.2, 0.25) is 0 Å². The quantitative estimate of drug-likeness (QED) is 0.794. The molecular weight excluding hydrogens is 331 g/mol. The van der Waals surface area contributed by atoms with Crippen molar-refractivity contribution in [3.8, 4) is 0 Å². The number of anilines is 1. The van der Waals surface area contributed by atoms with Crippen LogP contribution < -0.4 is 15.8 Å². The summed E-state index contributed by atoms with van der Waals surface area (Å²) in [5.74, 6) is 1.47. The van der Waals surface area contributed by atoms with E-state index in [-0.39, 0.29) is 5.56 Å². The van der Waals surface area contributed by atoms with Crippen molar-refractivity contribution in [2.45, 2.75) is 12.8 Å². The fraction of sp³-hybridized carbons (Fsp3) is 0.636. The Morgan fingerprint density at radius 3 is 3.29 bits per heavy atom. The van der Waals surface area contributed by atoms with Crippen LogP contribution in [0.4, 0.5) is 5.82 Å². The molecule has 17 heavy (non-hydrogen) atoms. The van der Waals surface area contributed by atoms with Gasteiger partial charge < -0.3 is 15.2 Å². The van der Waals surface area contributed by atoms with Gasteiger partial charge in [-0.25, -0.2) is 4.98 Å². The van der Waals surface area contributed by atoms with Crippen LogP contribution >= 0.6 is 22.6 Å². The fourth-order valence-corrected chi connectivity index (χ4v) is 2.94. The molecule has 0 spiro atoms. The fourth-order valence-electron chi connectivity index (χ4n) is 2.31. The van der Waals surface area contributed by atoms with Gasteiger partial charge in [-0.1, -0.05) is 0 Å². The molecule has 5 nitrogen and oxygen atoms in total. The summed E-state index contributed by atoms with van der Waals surface area (Å²) >= 11 is 2.07. The van der Waals surface area contributed by atoms with Crippen LogP contribution in [-0.2, 0) is 0 Å². The monoisotopic (exact) mass is 348 g/mol. The van der Waals surface area contributed by atoms with Gasteiger partial charge in [-0.3, -0.25) is 4.79 Å². The summed E-state index contributed by atoms with van der Waals surface area (Å²) in [6, 6.07) is 0. The minimum Gasteiger partial charge on any atom is -0.355 e. The number of hydrogen-bond acceptors (Lipinski definition) is 4. The molecule has 0 aliphatic carbocycles. The molecule has 0 radical (unpaired) electrons. The molecule has 1 fully saturated rings. The van der Waals surface area contributed by atoms with Crippen LogP contribution in [0.15, 0.2) is 11.1 Å². The summed E-state index contributed by atoms with van der Waals surface area (Å²) < 4.78 is 0.690. The lowest BCUT2D eigenvalue weighted by molar-refractivity contribution is 0.400. The van der Waals surface area contributed by atoms with Crippen molar-refractivity contribution in [2.75, 3.05) is 31.6 Å². The van der Waals surface area contributed by atoms with Crippen LogP contribution in [0.5, 0.6) is 0 Å². The van der Waals surface area contributed by atoms with Gasteiger partial charge >= 0.3 is 0 Å². The van der Waals surface area contributed by atoms with E-state index in [0.29, 0.717) is 9.49 Å². The molecule has 1 aromatic heterocycles. The van der Waals surface area contributed by atoms with Crippen molar-refractivity contribution in [3.05, 3.63) is 20.3 Å². The van der Waals surface area contributed by atoms with E-state index in [1.807, 2.05) is 7.05 Å². The zero-order valence-corrected chi connectivity index (χ0v) is 12.0. The molecule has 0 saturated carbocycles. The van der Waals surface area contributed by atoms with Gasteiger partial charge in [0.2, 0.25) is 0 Å². The molecule has 2 heterocycles. The Morgan fingerprint density at radius 2 is 2.53 bits per heavy atom. The largest absolute Gasteiger partial charge is 0.355 e. The third kappa shape index (κ3) is 2.98. The molecule has 1 unspecified atom stereocenters. The first kappa shape index (κ1) is 12.8. The first-order valence-electron chi connectivity index (χ1n) is 5.85. The second kappa shape index (κ2) is 5.81. The van der Waals surface area contributed by atoms with E-state index in [4.69, 9.17) is 0 Å². The van der Waals surface area contributed by atoms with Gasteiger partial charge in [0.15, 0.2) is 0 Å². The highest BCUT2D eigenvalue weighted by Crippen LogP contribution is 2.23. The van der Waals surface area contributed by atoms with Gasteiger partial charge in [0.25, 0.3) is 5.56 Å². The summed E-state index contributed by atoms with van der Waals surface area (Å²) in [6.07, 6.45) is 3.90. The van der Waals surface area contributed by atoms with E-state index in [2.05, 4.69) is 42.8 Å². The first-order chi connectivity index (χ1) is 8.22. The molecule has 0 aromatic carbocycles. The molecule has 0 amide bonds. The third-order valence-electron chi connectivity index (χ3n) is 3.09. The van der Waals surface area contributed by atoms with E-state index >= 15 is 0 Å². The highest BCUT2D eigenvalue weighted by Gasteiger charge is 2.22. The number of hydrogen-bond donors (Lipinski definition) is 2. The van der Waals surface area contributed by atoms with Crippen molar-refractivity contribution < 1.29 is 0 Å². The molecule has 2 rings (SSSR count). The summed E-state index contributed by atoms with van der Waals surface area (Å²) in [4.78, 5) is 20.7. The summed E-state index contributed by atoms with van der Waals surface area (Å²) in [7, 11) is 1.98. The zero-order valence-electron chi connectivity index (χ0n) is 9.87. The molecule has 1 aliphatic heterocycles. The zero-order chi connectivity index (χ0) is 12.3. The molecule has 6 heteroatoms.